The van der Waals surface area contributed by atoms with Crippen molar-refractivity contribution in [3.8, 4) is 5.88 Å². The van der Waals surface area contributed by atoms with E-state index in [2.05, 4.69) is 31.7 Å². The van der Waals surface area contributed by atoms with Gasteiger partial charge in [0.15, 0.2) is 0 Å². The van der Waals surface area contributed by atoms with E-state index < -0.39 is 0 Å². The summed E-state index contributed by atoms with van der Waals surface area (Å²) in [5, 5.41) is 0. The van der Waals surface area contributed by atoms with Gasteiger partial charge < -0.3 is 9.64 Å². The van der Waals surface area contributed by atoms with Gasteiger partial charge in [0, 0.05) is 57.1 Å². The Morgan fingerprint density at radius 1 is 1.13 bits per heavy atom. The van der Waals surface area contributed by atoms with Crippen LogP contribution in [-0.4, -0.2) is 84.1 Å². The standard InChI is InChI=1S/C17H29N5O/c1-20-6-4-3-5-16(20)13-22-9-7-21(8-10-22)12-15-11-18-14-19-17(15)23-2/h11,14,16H,3-10,12-13H2,1-2H3. The van der Waals surface area contributed by atoms with Crippen molar-refractivity contribution in [1.29, 1.82) is 0 Å². The zero-order chi connectivity index (χ0) is 16.1. The van der Waals surface area contributed by atoms with E-state index in [1.807, 2.05) is 6.20 Å². The van der Waals surface area contributed by atoms with Crippen molar-refractivity contribution in [2.45, 2.75) is 31.8 Å². The minimum atomic E-state index is 0.700. The fourth-order valence-corrected chi connectivity index (χ4v) is 3.68. The topological polar surface area (TPSA) is 44.7 Å². The van der Waals surface area contributed by atoms with Crippen LogP contribution < -0.4 is 4.74 Å². The molecule has 3 rings (SSSR count). The van der Waals surface area contributed by atoms with Gasteiger partial charge in [-0.1, -0.05) is 6.42 Å². The van der Waals surface area contributed by atoms with E-state index >= 15 is 0 Å². The van der Waals surface area contributed by atoms with Crippen molar-refractivity contribution in [2.24, 2.45) is 0 Å². The van der Waals surface area contributed by atoms with Crippen LogP contribution in [0.5, 0.6) is 5.88 Å². The fourth-order valence-electron chi connectivity index (χ4n) is 3.68. The van der Waals surface area contributed by atoms with Gasteiger partial charge in [0.05, 0.1) is 7.11 Å². The van der Waals surface area contributed by atoms with Gasteiger partial charge in [0.1, 0.15) is 6.33 Å². The van der Waals surface area contributed by atoms with Gasteiger partial charge >= 0.3 is 0 Å². The van der Waals surface area contributed by atoms with Crippen molar-refractivity contribution >= 4 is 0 Å². The molecule has 1 unspecified atom stereocenters. The summed E-state index contributed by atoms with van der Waals surface area (Å²) >= 11 is 0. The molecule has 0 saturated carbocycles. The van der Waals surface area contributed by atoms with Crippen LogP contribution >= 0.6 is 0 Å². The molecule has 2 aliphatic rings. The molecule has 6 nitrogen and oxygen atoms in total. The summed E-state index contributed by atoms with van der Waals surface area (Å²) in [6.45, 7) is 7.88. The highest BCUT2D eigenvalue weighted by Crippen LogP contribution is 2.19. The largest absolute Gasteiger partial charge is 0.481 e. The van der Waals surface area contributed by atoms with Crippen LogP contribution in [-0.2, 0) is 6.54 Å². The second kappa shape index (κ2) is 8.04. The Labute approximate surface area is 139 Å². The van der Waals surface area contributed by atoms with Gasteiger partial charge in [-0.15, -0.1) is 0 Å². The van der Waals surface area contributed by atoms with Crippen molar-refractivity contribution in [3.05, 3.63) is 18.1 Å². The van der Waals surface area contributed by atoms with Crippen LogP contribution in [0.1, 0.15) is 24.8 Å². The predicted molar refractivity (Wildman–Crippen MR) is 90.6 cm³/mol. The minimum absolute atomic E-state index is 0.700. The minimum Gasteiger partial charge on any atom is -0.481 e. The molecule has 1 atom stereocenters. The maximum absolute atomic E-state index is 5.33. The molecule has 2 saturated heterocycles. The average Bonchev–Trinajstić information content (AvgIpc) is 2.59. The van der Waals surface area contributed by atoms with E-state index in [-0.39, 0.29) is 0 Å². The number of piperazine rings is 1. The van der Waals surface area contributed by atoms with Crippen LogP contribution in [0.15, 0.2) is 12.5 Å². The first-order valence-electron chi connectivity index (χ1n) is 8.74. The molecule has 0 aliphatic carbocycles. The molecule has 1 aromatic heterocycles. The zero-order valence-corrected chi connectivity index (χ0v) is 14.4. The van der Waals surface area contributed by atoms with Crippen molar-refractivity contribution in [1.82, 2.24) is 24.7 Å². The molecule has 1 aromatic rings. The Kier molecular flexibility index (Phi) is 5.80. The van der Waals surface area contributed by atoms with Gasteiger partial charge in [-0.25, -0.2) is 9.97 Å². The Morgan fingerprint density at radius 2 is 1.91 bits per heavy atom. The molecule has 2 aliphatic heterocycles. The summed E-state index contributed by atoms with van der Waals surface area (Å²) in [7, 11) is 3.95. The third-order valence-corrected chi connectivity index (χ3v) is 5.19. The van der Waals surface area contributed by atoms with E-state index in [0.717, 1.165) is 44.3 Å². The van der Waals surface area contributed by atoms with Crippen molar-refractivity contribution in [2.75, 3.05) is 53.4 Å². The average molecular weight is 319 g/mol. The van der Waals surface area contributed by atoms with Gasteiger partial charge in [-0.2, -0.15) is 0 Å². The lowest BCUT2D eigenvalue weighted by Crippen LogP contribution is -2.51. The maximum atomic E-state index is 5.33. The number of methoxy groups -OCH3 is 1. The number of piperidine rings is 1. The first-order valence-corrected chi connectivity index (χ1v) is 8.74. The van der Waals surface area contributed by atoms with Crippen LogP contribution in [0, 0.1) is 0 Å². The molecule has 0 N–H and O–H groups in total. The third kappa shape index (κ3) is 4.40. The first kappa shape index (κ1) is 16.6. The van der Waals surface area contributed by atoms with E-state index in [9.17, 15) is 0 Å². The van der Waals surface area contributed by atoms with E-state index in [4.69, 9.17) is 4.74 Å². The molecule has 6 heteroatoms. The third-order valence-electron chi connectivity index (χ3n) is 5.19. The van der Waals surface area contributed by atoms with Crippen LogP contribution in [0.2, 0.25) is 0 Å². The lowest BCUT2D eigenvalue weighted by molar-refractivity contribution is 0.0813. The first-order chi connectivity index (χ1) is 11.3. The fraction of sp³-hybridized carbons (Fsp3) is 0.765. The normalized spacial score (nSPS) is 24.7. The lowest BCUT2D eigenvalue weighted by Gasteiger charge is -2.40. The molecular formula is C17H29N5O. The van der Waals surface area contributed by atoms with Gasteiger partial charge in [-0.3, -0.25) is 9.80 Å². The number of aromatic nitrogens is 2. The van der Waals surface area contributed by atoms with Crippen LogP contribution in [0.4, 0.5) is 0 Å². The highest BCUT2D eigenvalue weighted by Gasteiger charge is 2.24. The Morgan fingerprint density at radius 3 is 2.65 bits per heavy atom. The van der Waals surface area contributed by atoms with Crippen LogP contribution in [0.25, 0.3) is 0 Å². The molecule has 0 amide bonds. The molecule has 0 bridgehead atoms. The summed E-state index contributed by atoms with van der Waals surface area (Å²) in [5.41, 5.74) is 1.08. The summed E-state index contributed by atoms with van der Waals surface area (Å²) in [6.07, 6.45) is 7.52. The van der Waals surface area contributed by atoms with Crippen LogP contribution in [0.3, 0.4) is 0 Å². The quantitative estimate of drug-likeness (QED) is 0.809. The molecule has 0 spiro atoms. The highest BCUT2D eigenvalue weighted by molar-refractivity contribution is 5.21. The number of hydrogen-bond donors (Lipinski definition) is 0. The van der Waals surface area contributed by atoms with Gasteiger partial charge in [0.25, 0.3) is 0 Å². The van der Waals surface area contributed by atoms with E-state index in [0.29, 0.717) is 5.88 Å². The molecule has 128 valence electrons. The molecule has 23 heavy (non-hydrogen) atoms. The number of likely N-dealkylation sites (tertiary alicyclic amines) is 1. The monoisotopic (exact) mass is 319 g/mol. The molecule has 2 fully saturated rings. The predicted octanol–water partition coefficient (Wildman–Crippen LogP) is 1.09. The second-order valence-corrected chi connectivity index (χ2v) is 6.76. The summed E-state index contributed by atoms with van der Waals surface area (Å²) in [5.74, 6) is 0.700. The number of nitrogens with zero attached hydrogens (tertiary/aromatic N) is 5. The highest BCUT2D eigenvalue weighted by atomic mass is 16.5. The number of rotatable bonds is 5. The smallest absolute Gasteiger partial charge is 0.220 e. The summed E-state index contributed by atoms with van der Waals surface area (Å²) in [4.78, 5) is 16.0. The van der Waals surface area contributed by atoms with Gasteiger partial charge in [-0.05, 0) is 26.4 Å². The van der Waals surface area contributed by atoms with Crippen molar-refractivity contribution in [3.63, 3.8) is 0 Å². The summed E-state index contributed by atoms with van der Waals surface area (Å²) in [6, 6.07) is 0.748. The van der Waals surface area contributed by atoms with E-state index in [1.165, 1.54) is 32.4 Å². The Balaban J connectivity index is 1.46. The van der Waals surface area contributed by atoms with Crippen molar-refractivity contribution < 1.29 is 4.74 Å². The molecule has 0 radical (unpaired) electrons. The maximum Gasteiger partial charge on any atom is 0.220 e. The Bertz CT molecular complexity index is 490. The lowest BCUT2D eigenvalue weighted by atomic mass is 10.0. The van der Waals surface area contributed by atoms with E-state index in [1.54, 1.807) is 13.4 Å². The number of ether oxygens (including phenoxy) is 1. The summed E-state index contributed by atoms with van der Waals surface area (Å²) < 4.78 is 5.33. The SMILES string of the molecule is COc1ncncc1CN1CCN(CC2CCCCN2C)CC1. The zero-order valence-electron chi connectivity index (χ0n) is 14.4. The molecule has 3 heterocycles. The Hall–Kier alpha value is -1.24. The molecule has 0 aromatic carbocycles. The number of hydrogen-bond acceptors (Lipinski definition) is 6. The molecular weight excluding hydrogens is 290 g/mol. The second-order valence-electron chi connectivity index (χ2n) is 6.76. The van der Waals surface area contributed by atoms with Gasteiger partial charge in [0.2, 0.25) is 5.88 Å². The number of likely N-dealkylation sites (N-methyl/N-ethyl adjacent to an activating group) is 1.